The van der Waals surface area contributed by atoms with Gasteiger partial charge in [-0.1, -0.05) is 44.3 Å². The number of hydrogen-bond donors (Lipinski definition) is 1. The molecule has 1 aromatic carbocycles. The van der Waals surface area contributed by atoms with Crippen molar-refractivity contribution in [2.75, 3.05) is 0 Å². The van der Waals surface area contributed by atoms with Gasteiger partial charge in [0, 0.05) is 21.0 Å². The van der Waals surface area contributed by atoms with Gasteiger partial charge >= 0.3 is 0 Å². The quantitative estimate of drug-likeness (QED) is 0.672. The second-order valence-electron chi connectivity index (χ2n) is 7.31. The number of nitrogens with one attached hydrogen (secondary N) is 1. The van der Waals surface area contributed by atoms with Crippen LogP contribution < -0.4 is 5.32 Å². The van der Waals surface area contributed by atoms with E-state index in [4.69, 9.17) is 0 Å². The Labute approximate surface area is 144 Å². The molecule has 3 aliphatic rings. The van der Waals surface area contributed by atoms with Gasteiger partial charge in [-0.05, 0) is 74.0 Å². The van der Waals surface area contributed by atoms with E-state index in [1.54, 1.807) is 0 Å². The summed E-state index contributed by atoms with van der Waals surface area (Å²) in [6.07, 6.45) is 7.43. The Kier molecular flexibility index (Phi) is 3.96. The topological polar surface area (TPSA) is 12.0 Å². The molecule has 1 aromatic rings. The molecular formula is C18H23Br2N. The maximum atomic E-state index is 3.95. The molecule has 21 heavy (non-hydrogen) atoms. The lowest BCUT2D eigenvalue weighted by Gasteiger charge is -2.34. The zero-order valence-corrected chi connectivity index (χ0v) is 15.7. The van der Waals surface area contributed by atoms with Crippen LogP contribution in [0.3, 0.4) is 0 Å². The van der Waals surface area contributed by atoms with Crippen LogP contribution in [-0.2, 0) is 0 Å². The van der Waals surface area contributed by atoms with Crippen molar-refractivity contribution in [2.45, 2.75) is 51.1 Å². The van der Waals surface area contributed by atoms with Gasteiger partial charge in [0.05, 0.1) is 0 Å². The molecule has 3 heteroatoms. The molecule has 0 radical (unpaired) electrons. The molecule has 0 amide bonds. The van der Waals surface area contributed by atoms with Gasteiger partial charge in [0.2, 0.25) is 0 Å². The molecule has 1 nitrogen and oxygen atoms in total. The fourth-order valence-corrected chi connectivity index (χ4v) is 6.91. The highest BCUT2D eigenvalue weighted by atomic mass is 79.9. The summed E-state index contributed by atoms with van der Waals surface area (Å²) in [6, 6.07) is 7.71. The molecule has 0 spiro atoms. The molecule has 0 aliphatic heterocycles. The summed E-state index contributed by atoms with van der Waals surface area (Å²) in [6.45, 7) is 2.31. The van der Waals surface area contributed by atoms with E-state index in [-0.39, 0.29) is 0 Å². The van der Waals surface area contributed by atoms with Crippen LogP contribution in [0.4, 0.5) is 0 Å². The van der Waals surface area contributed by atoms with Crippen LogP contribution in [0.2, 0.25) is 0 Å². The Hall–Kier alpha value is 0.140. The molecule has 3 aliphatic carbocycles. The van der Waals surface area contributed by atoms with E-state index in [0.29, 0.717) is 6.04 Å². The number of rotatable bonds is 3. The van der Waals surface area contributed by atoms with Crippen molar-refractivity contribution in [3.8, 4) is 0 Å². The van der Waals surface area contributed by atoms with E-state index in [2.05, 4.69) is 62.3 Å². The zero-order valence-electron chi connectivity index (χ0n) is 12.5. The summed E-state index contributed by atoms with van der Waals surface area (Å²) in [4.78, 5) is 0. The van der Waals surface area contributed by atoms with Gasteiger partial charge in [-0.25, -0.2) is 0 Å². The van der Waals surface area contributed by atoms with E-state index in [9.17, 15) is 0 Å². The predicted octanol–water partition coefficient (Wildman–Crippen LogP) is 5.69. The number of hydrogen-bond acceptors (Lipinski definition) is 1. The molecule has 3 saturated carbocycles. The molecule has 1 N–H and O–H groups in total. The third-order valence-corrected chi connectivity index (χ3v) is 7.50. The highest BCUT2D eigenvalue weighted by molar-refractivity contribution is 9.11. The first kappa shape index (κ1) is 14.7. The van der Waals surface area contributed by atoms with Gasteiger partial charge in [0.15, 0.2) is 0 Å². The second kappa shape index (κ2) is 5.65. The number of benzene rings is 1. The van der Waals surface area contributed by atoms with Crippen molar-refractivity contribution in [1.82, 2.24) is 5.32 Å². The average Bonchev–Trinajstić information content (AvgIpc) is 3.09. The van der Waals surface area contributed by atoms with Crippen LogP contribution in [0.5, 0.6) is 0 Å². The standard InChI is InChI=1S/C18H23Br2N/c1-10(13-6-5-12(19)9-17(13)20)21-18-8-11-7-16(18)15-4-2-3-14(11)15/h5-6,9-11,14-16,18,21H,2-4,7-8H2,1H3. The van der Waals surface area contributed by atoms with Gasteiger partial charge < -0.3 is 5.32 Å². The third-order valence-electron chi connectivity index (χ3n) is 6.32. The van der Waals surface area contributed by atoms with Crippen LogP contribution in [-0.4, -0.2) is 6.04 Å². The van der Waals surface area contributed by atoms with Crippen molar-refractivity contribution in [1.29, 1.82) is 0 Å². The highest BCUT2D eigenvalue weighted by Gasteiger charge is 2.53. The van der Waals surface area contributed by atoms with E-state index in [1.807, 2.05) is 0 Å². The summed E-state index contributed by atoms with van der Waals surface area (Å²) >= 11 is 7.25. The molecule has 0 saturated heterocycles. The lowest BCUT2D eigenvalue weighted by Crippen LogP contribution is -2.40. The maximum Gasteiger partial charge on any atom is 0.0305 e. The predicted molar refractivity (Wildman–Crippen MR) is 94.2 cm³/mol. The third kappa shape index (κ3) is 2.53. The van der Waals surface area contributed by atoms with Crippen molar-refractivity contribution < 1.29 is 0 Å². The molecule has 6 atom stereocenters. The summed E-state index contributed by atoms with van der Waals surface area (Å²) in [5.41, 5.74) is 1.38. The fourth-order valence-electron chi connectivity index (χ4n) is 5.52. The van der Waals surface area contributed by atoms with Crippen molar-refractivity contribution in [2.24, 2.45) is 23.7 Å². The molecule has 0 aromatic heterocycles. The van der Waals surface area contributed by atoms with Crippen molar-refractivity contribution >= 4 is 31.9 Å². The van der Waals surface area contributed by atoms with Gasteiger partial charge in [-0.2, -0.15) is 0 Å². The van der Waals surface area contributed by atoms with E-state index in [1.165, 1.54) is 42.1 Å². The Morgan fingerprint density at radius 2 is 1.90 bits per heavy atom. The first-order valence-electron chi connectivity index (χ1n) is 8.34. The van der Waals surface area contributed by atoms with E-state index >= 15 is 0 Å². The Morgan fingerprint density at radius 1 is 1.10 bits per heavy atom. The maximum absolute atomic E-state index is 3.95. The molecule has 6 unspecified atom stereocenters. The van der Waals surface area contributed by atoms with Gasteiger partial charge in [0.25, 0.3) is 0 Å². The van der Waals surface area contributed by atoms with Crippen LogP contribution in [0.1, 0.15) is 50.6 Å². The fraction of sp³-hybridized carbons (Fsp3) is 0.667. The van der Waals surface area contributed by atoms with Crippen LogP contribution in [0.15, 0.2) is 27.1 Å². The van der Waals surface area contributed by atoms with Crippen LogP contribution >= 0.6 is 31.9 Å². The first-order valence-corrected chi connectivity index (χ1v) is 9.93. The molecule has 114 valence electrons. The molecule has 2 bridgehead atoms. The van der Waals surface area contributed by atoms with Gasteiger partial charge in [-0.3, -0.25) is 0 Å². The van der Waals surface area contributed by atoms with Crippen LogP contribution in [0.25, 0.3) is 0 Å². The molecular weight excluding hydrogens is 390 g/mol. The minimum absolute atomic E-state index is 0.427. The first-order chi connectivity index (χ1) is 10.1. The lowest BCUT2D eigenvalue weighted by molar-refractivity contribution is 0.200. The number of halogens is 2. The number of fused-ring (bicyclic) bond motifs is 5. The summed E-state index contributed by atoms with van der Waals surface area (Å²) in [7, 11) is 0. The van der Waals surface area contributed by atoms with Gasteiger partial charge in [0.1, 0.15) is 0 Å². The second-order valence-corrected chi connectivity index (χ2v) is 9.08. The SMILES string of the molecule is CC(NC1CC2CC1C1CCCC21)c1ccc(Br)cc1Br. The zero-order chi connectivity index (χ0) is 14.6. The van der Waals surface area contributed by atoms with Gasteiger partial charge in [-0.15, -0.1) is 0 Å². The minimum atomic E-state index is 0.427. The Morgan fingerprint density at radius 3 is 2.71 bits per heavy atom. The highest BCUT2D eigenvalue weighted by Crippen LogP contribution is 2.58. The Balaban J connectivity index is 1.47. The lowest BCUT2D eigenvalue weighted by atomic mass is 9.79. The van der Waals surface area contributed by atoms with Crippen LogP contribution in [0, 0.1) is 23.7 Å². The van der Waals surface area contributed by atoms with Crippen molar-refractivity contribution in [3.63, 3.8) is 0 Å². The minimum Gasteiger partial charge on any atom is -0.307 e. The largest absolute Gasteiger partial charge is 0.307 e. The smallest absolute Gasteiger partial charge is 0.0305 e. The summed E-state index contributed by atoms with van der Waals surface area (Å²) < 4.78 is 2.35. The average molecular weight is 413 g/mol. The Bertz CT molecular complexity index is 544. The molecule has 3 fully saturated rings. The molecule has 4 rings (SSSR count). The molecule has 0 heterocycles. The monoisotopic (exact) mass is 411 g/mol. The van der Waals surface area contributed by atoms with E-state index < -0.39 is 0 Å². The van der Waals surface area contributed by atoms with E-state index in [0.717, 1.165) is 34.2 Å². The normalized spacial score (nSPS) is 38.7. The summed E-state index contributed by atoms with van der Waals surface area (Å²) in [5, 5.41) is 3.95. The summed E-state index contributed by atoms with van der Waals surface area (Å²) in [5.74, 6) is 4.12. The van der Waals surface area contributed by atoms with Crippen molar-refractivity contribution in [3.05, 3.63) is 32.7 Å².